The Morgan fingerprint density at radius 3 is 1.30 bits per heavy atom. The zero-order valence-electron chi connectivity index (χ0n) is 24.2. The van der Waals surface area contributed by atoms with E-state index in [0.717, 1.165) is 37.2 Å². The molecule has 0 radical (unpaired) electrons. The van der Waals surface area contributed by atoms with Crippen molar-refractivity contribution in [3.05, 3.63) is 84.0 Å². The first-order valence-electron chi connectivity index (χ1n) is 15.4. The Balaban J connectivity index is 2.13. The highest BCUT2D eigenvalue weighted by Gasteiger charge is 2.14. The first kappa shape index (κ1) is 30.9. The summed E-state index contributed by atoms with van der Waals surface area (Å²) in [7, 11) is 0. The molecule has 0 amide bonds. The van der Waals surface area contributed by atoms with Crippen LogP contribution < -0.4 is 4.74 Å². The highest BCUT2D eigenvalue weighted by Crippen LogP contribution is 2.34. The number of rotatable bonds is 22. The predicted molar refractivity (Wildman–Crippen MR) is 164 cm³/mol. The minimum absolute atomic E-state index is 0.893. The van der Waals surface area contributed by atoms with Crippen LogP contribution in [-0.4, -0.2) is 0 Å². The van der Waals surface area contributed by atoms with Crippen LogP contribution in [0.2, 0.25) is 0 Å². The van der Waals surface area contributed by atoms with E-state index in [2.05, 4.69) is 63.4 Å². The molecule has 0 heterocycles. The summed E-state index contributed by atoms with van der Waals surface area (Å²) in [6, 6.07) is 13.1. The smallest absolute Gasteiger partial charge is 0.130 e. The maximum absolute atomic E-state index is 6.77. The molecule has 0 aliphatic heterocycles. The quantitative estimate of drug-likeness (QED) is 0.115. The molecule has 2 aromatic carbocycles. The van der Waals surface area contributed by atoms with Gasteiger partial charge in [0.2, 0.25) is 0 Å². The number of ether oxygens (including phenoxy) is 1. The van der Waals surface area contributed by atoms with E-state index < -0.39 is 0 Å². The van der Waals surface area contributed by atoms with Crippen molar-refractivity contribution in [3.8, 4) is 11.5 Å². The van der Waals surface area contributed by atoms with Crippen LogP contribution >= 0.6 is 0 Å². The van der Waals surface area contributed by atoms with E-state index in [4.69, 9.17) is 4.74 Å². The molecule has 0 bridgehead atoms. The van der Waals surface area contributed by atoms with Gasteiger partial charge in [0.1, 0.15) is 11.5 Å². The molecule has 0 spiro atoms. The molecule has 2 aromatic rings. The first-order chi connectivity index (χ1) is 18.2. The minimum Gasteiger partial charge on any atom is -0.457 e. The van der Waals surface area contributed by atoms with E-state index in [9.17, 15) is 0 Å². The fourth-order valence-corrected chi connectivity index (χ4v) is 5.31. The lowest BCUT2D eigenvalue weighted by Crippen LogP contribution is -2.02. The Kier molecular flexibility index (Phi) is 16.5. The van der Waals surface area contributed by atoms with Gasteiger partial charge in [0.05, 0.1) is 0 Å². The fraction of sp³-hybridized carbons (Fsp3) is 0.556. The van der Waals surface area contributed by atoms with Crippen molar-refractivity contribution in [2.45, 2.75) is 129 Å². The third-order valence-corrected chi connectivity index (χ3v) is 7.47. The Morgan fingerprint density at radius 2 is 0.919 bits per heavy atom. The van der Waals surface area contributed by atoms with Gasteiger partial charge < -0.3 is 4.74 Å². The number of unbranched alkanes of at least 4 members (excludes halogenated alkanes) is 12. The molecule has 1 nitrogen and oxygen atoms in total. The van der Waals surface area contributed by atoms with Crippen molar-refractivity contribution in [2.75, 3.05) is 0 Å². The lowest BCUT2D eigenvalue weighted by Gasteiger charge is -2.19. The lowest BCUT2D eigenvalue weighted by molar-refractivity contribution is 0.464. The number of benzene rings is 2. The van der Waals surface area contributed by atoms with Gasteiger partial charge in [-0.2, -0.15) is 0 Å². The van der Waals surface area contributed by atoms with E-state index in [1.807, 2.05) is 12.2 Å². The van der Waals surface area contributed by atoms with Gasteiger partial charge in [-0.05, 0) is 72.9 Å². The third kappa shape index (κ3) is 11.8. The van der Waals surface area contributed by atoms with Crippen molar-refractivity contribution >= 4 is 0 Å². The molecule has 0 saturated carbocycles. The number of hydrogen-bond acceptors (Lipinski definition) is 1. The SMILES string of the molecule is C=CCc1cccc(Oc2cccc(CC=C)c2CCCCCCCCC)c1CCCCCCCCC. The van der Waals surface area contributed by atoms with E-state index in [0.29, 0.717) is 0 Å². The van der Waals surface area contributed by atoms with Gasteiger partial charge in [-0.25, -0.2) is 0 Å². The first-order valence-corrected chi connectivity index (χ1v) is 15.4. The fourth-order valence-electron chi connectivity index (χ4n) is 5.31. The van der Waals surface area contributed by atoms with Crippen LogP contribution in [0.3, 0.4) is 0 Å². The number of hydrogen-bond donors (Lipinski definition) is 0. The summed E-state index contributed by atoms with van der Waals surface area (Å²) in [6.07, 6.45) is 26.5. The van der Waals surface area contributed by atoms with Crippen LogP contribution in [0.15, 0.2) is 61.7 Å². The van der Waals surface area contributed by atoms with Gasteiger partial charge in [-0.1, -0.05) is 127 Å². The zero-order chi connectivity index (χ0) is 26.6. The van der Waals surface area contributed by atoms with Crippen molar-refractivity contribution in [3.63, 3.8) is 0 Å². The maximum Gasteiger partial charge on any atom is 0.130 e. The Labute approximate surface area is 229 Å². The summed E-state index contributed by atoms with van der Waals surface area (Å²) in [6.45, 7) is 12.6. The Hall–Kier alpha value is -2.28. The molecule has 204 valence electrons. The van der Waals surface area contributed by atoms with Crippen molar-refractivity contribution in [2.24, 2.45) is 0 Å². The molecule has 0 aromatic heterocycles. The molecule has 0 N–H and O–H groups in total. The summed E-state index contributed by atoms with van der Waals surface area (Å²) in [5.41, 5.74) is 5.45. The summed E-state index contributed by atoms with van der Waals surface area (Å²) in [5, 5.41) is 0. The van der Waals surface area contributed by atoms with Crippen LogP contribution in [0.4, 0.5) is 0 Å². The Morgan fingerprint density at radius 1 is 0.541 bits per heavy atom. The molecular formula is C36H54O. The van der Waals surface area contributed by atoms with Crippen LogP contribution in [0.1, 0.15) is 126 Å². The van der Waals surface area contributed by atoms with E-state index in [1.165, 1.54) is 112 Å². The molecule has 0 aliphatic carbocycles. The van der Waals surface area contributed by atoms with Crippen molar-refractivity contribution < 1.29 is 4.74 Å². The normalized spacial score (nSPS) is 11.0. The topological polar surface area (TPSA) is 9.23 Å². The van der Waals surface area contributed by atoms with Crippen molar-refractivity contribution in [1.29, 1.82) is 0 Å². The summed E-state index contributed by atoms with van der Waals surface area (Å²) in [4.78, 5) is 0. The highest BCUT2D eigenvalue weighted by atomic mass is 16.5. The van der Waals surface area contributed by atoms with Crippen LogP contribution in [-0.2, 0) is 25.7 Å². The predicted octanol–water partition coefficient (Wildman–Crippen LogP) is 11.5. The highest BCUT2D eigenvalue weighted by molar-refractivity contribution is 5.48. The van der Waals surface area contributed by atoms with Gasteiger partial charge in [0.25, 0.3) is 0 Å². The molecule has 0 aliphatic rings. The van der Waals surface area contributed by atoms with Crippen LogP contribution in [0, 0.1) is 0 Å². The van der Waals surface area contributed by atoms with Gasteiger partial charge in [-0.15, -0.1) is 13.2 Å². The van der Waals surface area contributed by atoms with Gasteiger partial charge in [0.15, 0.2) is 0 Å². The maximum atomic E-state index is 6.77. The average molecular weight is 503 g/mol. The average Bonchev–Trinajstić information content (AvgIpc) is 2.90. The van der Waals surface area contributed by atoms with E-state index in [-0.39, 0.29) is 0 Å². The summed E-state index contributed by atoms with van der Waals surface area (Å²) >= 11 is 0. The molecule has 0 saturated heterocycles. The monoisotopic (exact) mass is 502 g/mol. The second kappa shape index (κ2) is 19.8. The molecular weight excluding hydrogens is 448 g/mol. The third-order valence-electron chi connectivity index (χ3n) is 7.47. The summed E-state index contributed by atoms with van der Waals surface area (Å²) in [5.74, 6) is 2.06. The van der Waals surface area contributed by atoms with E-state index in [1.54, 1.807) is 0 Å². The van der Waals surface area contributed by atoms with Gasteiger partial charge in [0, 0.05) is 0 Å². The molecule has 1 heteroatoms. The minimum atomic E-state index is 0.893. The molecule has 37 heavy (non-hydrogen) atoms. The molecule has 0 fully saturated rings. The van der Waals surface area contributed by atoms with Crippen LogP contribution in [0.25, 0.3) is 0 Å². The zero-order valence-corrected chi connectivity index (χ0v) is 24.2. The number of allylic oxidation sites excluding steroid dienone is 2. The van der Waals surface area contributed by atoms with Gasteiger partial charge >= 0.3 is 0 Å². The lowest BCUT2D eigenvalue weighted by atomic mass is 9.96. The largest absolute Gasteiger partial charge is 0.457 e. The Bertz CT molecular complexity index is 820. The van der Waals surface area contributed by atoms with Gasteiger partial charge in [-0.3, -0.25) is 0 Å². The second-order valence-electron chi connectivity index (χ2n) is 10.6. The second-order valence-corrected chi connectivity index (χ2v) is 10.6. The standard InChI is InChI=1S/C36H54O/c1-5-9-11-13-15-17-19-27-33-31(23-7-3)25-21-29-35(33)37-36-30-22-26-32(24-8-4)34(36)28-20-18-16-14-12-10-6-2/h7-8,21-22,25-26,29-30H,3-6,9-20,23-24,27-28H2,1-2H3. The molecule has 2 rings (SSSR count). The van der Waals surface area contributed by atoms with Crippen molar-refractivity contribution in [1.82, 2.24) is 0 Å². The summed E-state index contributed by atoms with van der Waals surface area (Å²) < 4.78 is 6.77. The molecule has 0 atom stereocenters. The molecule has 0 unspecified atom stereocenters. The van der Waals surface area contributed by atoms with E-state index >= 15 is 0 Å². The van der Waals surface area contributed by atoms with Crippen LogP contribution in [0.5, 0.6) is 11.5 Å².